The molecule has 2 aromatic rings. The fraction of sp³-hybridized carbons (Fsp3) is 0.375. The Hall–Kier alpha value is -3.39. The van der Waals surface area contributed by atoms with Crippen LogP contribution in [0.4, 0.5) is 11.4 Å². The minimum atomic E-state index is -0.466. The highest BCUT2D eigenvalue weighted by Gasteiger charge is 2.43. The van der Waals surface area contributed by atoms with Crippen molar-refractivity contribution in [1.29, 1.82) is 0 Å². The van der Waals surface area contributed by atoms with E-state index in [0.29, 0.717) is 24.3 Å². The summed E-state index contributed by atoms with van der Waals surface area (Å²) in [6, 6.07) is 13.8. The first-order valence-electron chi connectivity index (χ1n) is 10.8. The zero-order valence-corrected chi connectivity index (χ0v) is 18.3. The number of nitrogens with zero attached hydrogens (tertiary/aromatic N) is 3. The van der Waals surface area contributed by atoms with Gasteiger partial charge in [-0.15, -0.1) is 0 Å². The van der Waals surface area contributed by atoms with E-state index in [1.165, 1.54) is 4.90 Å². The summed E-state index contributed by atoms with van der Waals surface area (Å²) in [7, 11) is 1.66. The van der Waals surface area contributed by atoms with Gasteiger partial charge in [-0.05, 0) is 43.3 Å². The lowest BCUT2D eigenvalue weighted by molar-refractivity contribution is -0.123. The van der Waals surface area contributed by atoms with Crippen molar-refractivity contribution >= 4 is 29.2 Å². The summed E-state index contributed by atoms with van der Waals surface area (Å²) < 4.78 is 10.4. The molecular weight excluding hydrogens is 410 g/mol. The van der Waals surface area contributed by atoms with E-state index in [2.05, 4.69) is 9.80 Å². The van der Waals surface area contributed by atoms with Gasteiger partial charge in [0.25, 0.3) is 5.91 Å². The predicted octanol–water partition coefficient (Wildman–Crippen LogP) is 2.33. The third kappa shape index (κ3) is 4.18. The Bertz CT molecular complexity index is 999. The largest absolute Gasteiger partial charge is 0.495 e. The van der Waals surface area contributed by atoms with Gasteiger partial charge >= 0.3 is 5.97 Å². The number of ether oxygens (including phenoxy) is 2. The Kier molecular flexibility index (Phi) is 6.41. The van der Waals surface area contributed by atoms with Crippen LogP contribution >= 0.6 is 0 Å². The minimum absolute atomic E-state index is 0.160. The van der Waals surface area contributed by atoms with Gasteiger partial charge in [-0.3, -0.25) is 14.5 Å². The highest BCUT2D eigenvalue weighted by atomic mass is 16.5. The van der Waals surface area contributed by atoms with Gasteiger partial charge in [-0.25, -0.2) is 9.69 Å². The zero-order chi connectivity index (χ0) is 22.7. The van der Waals surface area contributed by atoms with Gasteiger partial charge < -0.3 is 14.4 Å². The Balaban J connectivity index is 1.42. The molecule has 8 heteroatoms. The molecule has 2 heterocycles. The third-order valence-electron chi connectivity index (χ3n) is 5.94. The second-order valence-corrected chi connectivity index (χ2v) is 7.75. The van der Waals surface area contributed by atoms with Crippen LogP contribution in [0.1, 0.15) is 23.7 Å². The van der Waals surface area contributed by atoms with E-state index in [4.69, 9.17) is 9.47 Å². The topological polar surface area (TPSA) is 79.4 Å². The Morgan fingerprint density at radius 3 is 2.34 bits per heavy atom. The number of piperazine rings is 1. The van der Waals surface area contributed by atoms with Crippen LogP contribution in [-0.4, -0.2) is 68.6 Å². The number of esters is 1. The maximum absolute atomic E-state index is 13.1. The smallest absolute Gasteiger partial charge is 0.338 e. The van der Waals surface area contributed by atoms with Gasteiger partial charge in [0.05, 0.1) is 43.1 Å². The van der Waals surface area contributed by atoms with Gasteiger partial charge in [0.1, 0.15) is 5.75 Å². The van der Waals surface area contributed by atoms with Crippen LogP contribution in [-0.2, 0) is 14.3 Å². The number of methoxy groups -OCH3 is 1. The first-order valence-corrected chi connectivity index (χ1v) is 10.8. The summed E-state index contributed by atoms with van der Waals surface area (Å²) in [6.07, 6.45) is 0.160. The highest BCUT2D eigenvalue weighted by molar-refractivity contribution is 6.22. The molecule has 4 rings (SSSR count). The summed E-state index contributed by atoms with van der Waals surface area (Å²) in [5.74, 6) is -0.0462. The minimum Gasteiger partial charge on any atom is -0.495 e. The van der Waals surface area contributed by atoms with Crippen LogP contribution in [0.3, 0.4) is 0 Å². The van der Waals surface area contributed by atoms with Crippen molar-refractivity contribution < 1.29 is 23.9 Å². The number of carbonyl (C=O) groups is 3. The van der Waals surface area contributed by atoms with E-state index in [1.807, 2.05) is 24.3 Å². The number of hydrogen-bond acceptors (Lipinski definition) is 7. The van der Waals surface area contributed by atoms with Crippen LogP contribution in [0.25, 0.3) is 0 Å². The molecule has 2 fully saturated rings. The molecule has 168 valence electrons. The average Bonchev–Trinajstić information content (AvgIpc) is 3.13. The van der Waals surface area contributed by atoms with Crippen LogP contribution in [0.2, 0.25) is 0 Å². The van der Waals surface area contributed by atoms with Crippen molar-refractivity contribution in [2.24, 2.45) is 0 Å². The van der Waals surface area contributed by atoms with Crippen LogP contribution in [0.5, 0.6) is 5.75 Å². The molecule has 8 nitrogen and oxygen atoms in total. The molecular formula is C24H27N3O5. The van der Waals surface area contributed by atoms with Gasteiger partial charge in [-0.2, -0.15) is 0 Å². The average molecular weight is 437 g/mol. The molecule has 32 heavy (non-hydrogen) atoms. The van der Waals surface area contributed by atoms with E-state index in [0.717, 1.165) is 24.5 Å². The molecule has 0 aliphatic carbocycles. The molecule has 2 saturated heterocycles. The molecule has 0 unspecified atom stereocenters. The number of benzene rings is 2. The standard InChI is InChI=1S/C24H27N3O5/c1-3-32-24(30)17-8-10-18(11-9-17)27-22(28)16-20(23(27)29)26-14-12-25(13-15-26)19-6-4-5-7-21(19)31-2/h4-11,20H,3,12-16H2,1-2H3/t20-/m1/s1. The van der Waals surface area contributed by atoms with Gasteiger partial charge in [0.15, 0.2) is 0 Å². The van der Waals surface area contributed by atoms with Crippen LogP contribution in [0, 0.1) is 0 Å². The Morgan fingerprint density at radius 2 is 1.69 bits per heavy atom. The molecule has 2 aliphatic heterocycles. The lowest BCUT2D eigenvalue weighted by Crippen LogP contribution is -2.52. The molecule has 0 spiro atoms. The second-order valence-electron chi connectivity index (χ2n) is 7.75. The maximum atomic E-state index is 13.1. The number of para-hydroxylation sites is 2. The monoisotopic (exact) mass is 437 g/mol. The summed E-state index contributed by atoms with van der Waals surface area (Å²) in [5.41, 5.74) is 1.90. The van der Waals surface area contributed by atoms with Crippen molar-refractivity contribution in [2.45, 2.75) is 19.4 Å². The molecule has 0 N–H and O–H groups in total. The van der Waals surface area contributed by atoms with Gasteiger partial charge in [0, 0.05) is 26.2 Å². The van der Waals surface area contributed by atoms with E-state index in [-0.39, 0.29) is 24.8 Å². The molecule has 2 aliphatic rings. The molecule has 2 aromatic carbocycles. The summed E-state index contributed by atoms with van der Waals surface area (Å²) in [5, 5.41) is 0. The SMILES string of the molecule is CCOC(=O)c1ccc(N2C(=O)C[C@@H](N3CCN(c4ccccc4OC)CC3)C2=O)cc1. The van der Waals surface area contributed by atoms with Crippen molar-refractivity contribution in [2.75, 3.05) is 49.7 Å². The third-order valence-corrected chi connectivity index (χ3v) is 5.94. The number of rotatable bonds is 6. The molecule has 0 aromatic heterocycles. The summed E-state index contributed by atoms with van der Waals surface area (Å²) in [6.45, 7) is 4.87. The molecule has 0 radical (unpaired) electrons. The summed E-state index contributed by atoms with van der Waals surface area (Å²) in [4.78, 5) is 43.2. The first kappa shape index (κ1) is 21.8. The van der Waals surface area contributed by atoms with Gasteiger partial charge in [0.2, 0.25) is 5.91 Å². The highest BCUT2D eigenvalue weighted by Crippen LogP contribution is 2.30. The predicted molar refractivity (Wildman–Crippen MR) is 120 cm³/mol. The van der Waals surface area contributed by atoms with E-state index >= 15 is 0 Å². The van der Waals surface area contributed by atoms with E-state index in [1.54, 1.807) is 38.3 Å². The van der Waals surface area contributed by atoms with Crippen LogP contribution < -0.4 is 14.5 Å². The first-order chi connectivity index (χ1) is 15.5. The van der Waals surface area contributed by atoms with E-state index < -0.39 is 12.0 Å². The Morgan fingerprint density at radius 1 is 1.00 bits per heavy atom. The fourth-order valence-corrected chi connectivity index (χ4v) is 4.30. The number of anilines is 2. The number of amides is 2. The number of imide groups is 1. The lowest BCUT2D eigenvalue weighted by atomic mass is 10.1. The van der Waals surface area contributed by atoms with E-state index in [9.17, 15) is 14.4 Å². The second kappa shape index (κ2) is 9.40. The Labute approximate surface area is 187 Å². The molecule has 2 amide bonds. The maximum Gasteiger partial charge on any atom is 0.338 e. The molecule has 0 saturated carbocycles. The van der Waals surface area contributed by atoms with Crippen molar-refractivity contribution in [3.8, 4) is 5.75 Å². The fourth-order valence-electron chi connectivity index (χ4n) is 4.30. The van der Waals surface area contributed by atoms with Crippen molar-refractivity contribution in [3.05, 3.63) is 54.1 Å². The molecule has 1 atom stereocenters. The van der Waals surface area contributed by atoms with Crippen molar-refractivity contribution in [1.82, 2.24) is 4.90 Å². The quantitative estimate of drug-likeness (QED) is 0.507. The summed E-state index contributed by atoms with van der Waals surface area (Å²) >= 11 is 0. The molecule has 0 bridgehead atoms. The lowest BCUT2D eigenvalue weighted by Gasteiger charge is -2.38. The number of hydrogen-bond donors (Lipinski definition) is 0. The normalized spacial score (nSPS) is 19.4. The van der Waals surface area contributed by atoms with Crippen LogP contribution in [0.15, 0.2) is 48.5 Å². The van der Waals surface area contributed by atoms with Crippen molar-refractivity contribution in [3.63, 3.8) is 0 Å². The zero-order valence-electron chi connectivity index (χ0n) is 18.3. The number of carbonyl (C=O) groups excluding carboxylic acids is 3. The van der Waals surface area contributed by atoms with Gasteiger partial charge in [-0.1, -0.05) is 12.1 Å².